The fourth-order valence-electron chi connectivity index (χ4n) is 0.136. The van der Waals surface area contributed by atoms with Gasteiger partial charge < -0.3 is 0 Å². The summed E-state index contributed by atoms with van der Waals surface area (Å²) in [6.45, 7) is 0. The highest BCUT2D eigenvalue weighted by molar-refractivity contribution is 7.03. The zero-order chi connectivity index (χ0) is 6.24. The van der Waals surface area contributed by atoms with Crippen molar-refractivity contribution in [3.8, 4) is 0 Å². The number of hydrogen-bond acceptors (Lipinski definition) is 4. The highest BCUT2D eigenvalue weighted by Crippen LogP contribution is 1.78. The molecule has 0 aliphatic carbocycles. The molecular weight excluding hydrogens is 148 g/mol. The van der Waals surface area contributed by atoms with Crippen LogP contribution in [0.2, 0.25) is 0 Å². The fourth-order valence-corrected chi connectivity index (χ4v) is 0.408. The van der Waals surface area contributed by atoms with Crippen LogP contribution >= 0.6 is 23.1 Å². The van der Waals surface area contributed by atoms with Crippen LogP contribution in [0, 0.1) is 0 Å². The van der Waals surface area contributed by atoms with Crippen LogP contribution in [-0.2, 0) is 4.79 Å². The van der Waals surface area contributed by atoms with Gasteiger partial charge in [-0.3, -0.25) is 4.79 Å². The lowest BCUT2D eigenvalue weighted by Gasteiger charge is -1.40. The summed E-state index contributed by atoms with van der Waals surface area (Å²) >= 11 is 5.67. The molecule has 0 radical (unpaired) electrons. The summed E-state index contributed by atoms with van der Waals surface area (Å²) in [6, 6.07) is 0. The molecule has 8 heavy (non-hydrogen) atoms. The number of carbonyl (C=O) groups is 1. The van der Waals surface area contributed by atoms with Crippen LogP contribution in [0.4, 0.5) is 0 Å². The van der Waals surface area contributed by atoms with Gasteiger partial charge in [0, 0.05) is 5.38 Å². The number of rotatable bonds is 0. The molecule has 1 rings (SSSR count). The Labute approximate surface area is 55.5 Å². The first kappa shape index (κ1) is 7.52. The molecule has 0 aliphatic heterocycles. The molecule has 5 heteroatoms. The van der Waals surface area contributed by atoms with Gasteiger partial charge in [-0.15, -0.1) is 5.10 Å². The van der Waals surface area contributed by atoms with Crippen LogP contribution in [0.5, 0.6) is 0 Å². The highest BCUT2D eigenvalue weighted by Gasteiger charge is 1.61. The third-order valence-corrected chi connectivity index (χ3v) is 0.715. The second kappa shape index (κ2) is 6.52. The second-order valence-corrected chi connectivity index (χ2v) is 1.50. The van der Waals surface area contributed by atoms with E-state index in [9.17, 15) is 0 Å². The van der Waals surface area contributed by atoms with Gasteiger partial charge in [0.05, 0.1) is 6.20 Å². The van der Waals surface area contributed by atoms with Crippen molar-refractivity contribution < 1.29 is 4.79 Å². The molecule has 0 unspecified atom stereocenters. The summed E-state index contributed by atoms with van der Waals surface area (Å²) in [5, 5.41) is 5.31. The molecule has 0 saturated carbocycles. The molecule has 1 aromatic heterocycles. The summed E-state index contributed by atoms with van der Waals surface area (Å²) in [4.78, 5) is 8.57. The van der Waals surface area contributed by atoms with E-state index in [0.29, 0.717) is 0 Å². The van der Waals surface area contributed by atoms with Crippen LogP contribution in [0.3, 0.4) is 0 Å². The lowest BCUT2D eigenvalue weighted by Crippen LogP contribution is -1.51. The van der Waals surface area contributed by atoms with Crippen molar-refractivity contribution in [2.24, 2.45) is 0 Å². The standard InChI is InChI=1S/C2H2N2S.CHClO/c1-2-5-4-3-1;2-1-3/h1-2H;1H. The zero-order valence-corrected chi connectivity index (χ0v) is 5.39. The van der Waals surface area contributed by atoms with Gasteiger partial charge in [-0.05, 0) is 23.1 Å². The summed E-state index contributed by atoms with van der Waals surface area (Å²) in [5.41, 5.74) is 0. The maximum absolute atomic E-state index is 8.57. The third kappa shape index (κ3) is 5.52. The minimum Gasteiger partial charge on any atom is -0.285 e. The smallest absolute Gasteiger partial charge is 0.208 e. The Morgan fingerprint density at radius 3 is 2.50 bits per heavy atom. The minimum atomic E-state index is 0.222. The first-order chi connectivity index (χ1) is 3.91. The molecule has 0 aliphatic rings. The molecule has 0 N–H and O–H groups in total. The number of halogens is 1. The molecular formula is C3H3ClN2OS. The van der Waals surface area contributed by atoms with Crippen molar-refractivity contribution in [3.05, 3.63) is 11.6 Å². The Morgan fingerprint density at radius 2 is 2.38 bits per heavy atom. The van der Waals surface area contributed by atoms with Crippen molar-refractivity contribution in [1.29, 1.82) is 0 Å². The number of nitrogens with zero attached hydrogens (tertiary/aromatic N) is 2. The van der Waals surface area contributed by atoms with Gasteiger partial charge in [-0.1, -0.05) is 4.49 Å². The monoisotopic (exact) mass is 150 g/mol. The van der Waals surface area contributed by atoms with Crippen LogP contribution in [0.1, 0.15) is 0 Å². The van der Waals surface area contributed by atoms with E-state index in [4.69, 9.17) is 4.79 Å². The first-order valence-corrected chi connectivity index (χ1v) is 2.94. The van der Waals surface area contributed by atoms with Crippen molar-refractivity contribution in [3.63, 3.8) is 0 Å². The van der Waals surface area contributed by atoms with Gasteiger partial charge in [0.1, 0.15) is 0 Å². The number of aromatic nitrogens is 2. The first-order valence-electron chi connectivity index (χ1n) is 1.66. The van der Waals surface area contributed by atoms with Crippen molar-refractivity contribution in [2.75, 3.05) is 0 Å². The van der Waals surface area contributed by atoms with E-state index in [1.807, 2.05) is 5.38 Å². The van der Waals surface area contributed by atoms with E-state index in [-0.39, 0.29) is 5.75 Å². The van der Waals surface area contributed by atoms with Crippen LogP contribution in [0.25, 0.3) is 0 Å². The number of hydrogen-bond donors (Lipinski definition) is 0. The van der Waals surface area contributed by atoms with Gasteiger partial charge >= 0.3 is 0 Å². The van der Waals surface area contributed by atoms with Gasteiger partial charge in [-0.25, -0.2) is 0 Å². The Bertz CT molecular complexity index is 104. The summed E-state index contributed by atoms with van der Waals surface area (Å²) in [5.74, 6) is 0.222. The van der Waals surface area contributed by atoms with Crippen molar-refractivity contribution >= 4 is 28.9 Å². The van der Waals surface area contributed by atoms with E-state index in [0.717, 1.165) is 0 Å². The Balaban J connectivity index is 0.000000145. The van der Waals surface area contributed by atoms with Crippen LogP contribution < -0.4 is 0 Å². The average Bonchev–Trinajstić information content (AvgIpc) is 2.17. The molecule has 0 aromatic carbocycles. The molecule has 44 valence electrons. The summed E-state index contributed by atoms with van der Waals surface area (Å²) in [7, 11) is 0. The zero-order valence-electron chi connectivity index (χ0n) is 3.82. The van der Waals surface area contributed by atoms with E-state index in [1.54, 1.807) is 6.20 Å². The molecule has 0 amide bonds. The van der Waals surface area contributed by atoms with Gasteiger partial charge in [0.2, 0.25) is 5.75 Å². The molecule has 1 heterocycles. The Morgan fingerprint density at radius 1 is 1.75 bits per heavy atom. The topological polar surface area (TPSA) is 42.9 Å². The molecule has 1 aromatic rings. The fraction of sp³-hybridized carbons (Fsp3) is 0. The molecule has 3 nitrogen and oxygen atoms in total. The van der Waals surface area contributed by atoms with Crippen LogP contribution in [-0.4, -0.2) is 15.3 Å². The van der Waals surface area contributed by atoms with Gasteiger partial charge in [0.15, 0.2) is 0 Å². The SMILES string of the molecule is O=CCl.c1csnn1. The Hall–Kier alpha value is -0.480. The molecule has 0 bridgehead atoms. The summed E-state index contributed by atoms with van der Waals surface area (Å²) in [6.07, 6.45) is 1.66. The third-order valence-electron chi connectivity index (χ3n) is 0.283. The predicted octanol–water partition coefficient (Wildman–Crippen LogP) is 0.953. The molecule has 0 atom stereocenters. The lowest BCUT2D eigenvalue weighted by molar-refractivity contribution is 0.569. The van der Waals surface area contributed by atoms with Crippen LogP contribution in [0.15, 0.2) is 11.6 Å². The highest BCUT2D eigenvalue weighted by atomic mass is 35.5. The average molecular weight is 151 g/mol. The second-order valence-electron chi connectivity index (χ2n) is 0.677. The Kier molecular flexibility index (Phi) is 6.13. The van der Waals surface area contributed by atoms with E-state index < -0.39 is 0 Å². The van der Waals surface area contributed by atoms with E-state index >= 15 is 0 Å². The largest absolute Gasteiger partial charge is 0.285 e. The van der Waals surface area contributed by atoms with Gasteiger partial charge in [0.25, 0.3) is 0 Å². The minimum absolute atomic E-state index is 0.222. The lowest BCUT2D eigenvalue weighted by atomic mass is 11.1. The quantitative estimate of drug-likeness (QED) is 0.409. The van der Waals surface area contributed by atoms with Crippen molar-refractivity contribution in [1.82, 2.24) is 9.59 Å². The maximum atomic E-state index is 8.57. The van der Waals surface area contributed by atoms with E-state index in [1.165, 1.54) is 11.5 Å². The van der Waals surface area contributed by atoms with Crippen molar-refractivity contribution in [2.45, 2.75) is 0 Å². The maximum Gasteiger partial charge on any atom is 0.208 e. The summed E-state index contributed by atoms with van der Waals surface area (Å²) < 4.78 is 3.51. The molecule has 0 spiro atoms. The normalized spacial score (nSPS) is 6.62. The van der Waals surface area contributed by atoms with Gasteiger partial charge in [-0.2, -0.15) is 0 Å². The number of carbonyl (C=O) groups excluding carboxylic acids is 1. The van der Waals surface area contributed by atoms with E-state index in [2.05, 4.69) is 21.2 Å². The molecule has 0 saturated heterocycles. The molecule has 0 fully saturated rings. The predicted molar refractivity (Wildman–Crippen MR) is 32.5 cm³/mol.